The second kappa shape index (κ2) is 7.28. The third kappa shape index (κ3) is 3.78. The second-order valence-electron chi connectivity index (χ2n) is 6.28. The molecule has 0 spiro atoms. The first-order valence-corrected chi connectivity index (χ1v) is 7.79. The fourth-order valence-corrected chi connectivity index (χ4v) is 3.57. The topological polar surface area (TPSA) is 32.3 Å². The zero-order valence-electron chi connectivity index (χ0n) is 12.7. The van der Waals surface area contributed by atoms with Crippen LogP contribution in [0.25, 0.3) is 0 Å². The van der Waals surface area contributed by atoms with Crippen LogP contribution in [0, 0.1) is 5.92 Å². The minimum Gasteiger partial charge on any atom is -0.344 e. The number of nitrogens with zero attached hydrogens (tertiary/aromatic N) is 1. The number of hydrogen-bond acceptors (Lipinski definition) is 2. The van der Waals surface area contributed by atoms with E-state index in [9.17, 15) is 4.79 Å². The third-order valence-electron chi connectivity index (χ3n) is 4.76. The van der Waals surface area contributed by atoms with Crippen molar-refractivity contribution in [1.29, 1.82) is 0 Å². The van der Waals surface area contributed by atoms with E-state index in [0.717, 1.165) is 25.4 Å². The van der Waals surface area contributed by atoms with E-state index in [0.29, 0.717) is 0 Å². The van der Waals surface area contributed by atoms with Gasteiger partial charge in [0.15, 0.2) is 0 Å². The summed E-state index contributed by atoms with van der Waals surface area (Å²) in [5.74, 6) is 0.978. The summed E-state index contributed by atoms with van der Waals surface area (Å²) >= 11 is 0. The SMILES string of the molecule is CN(CC1CCCC1)C(=O)C1Cc2ccccc2CN1.Cl. The lowest BCUT2D eigenvalue weighted by atomic mass is 9.95. The van der Waals surface area contributed by atoms with Crippen molar-refractivity contribution < 1.29 is 4.79 Å². The molecule has 1 unspecified atom stereocenters. The first kappa shape index (κ1) is 16.3. The normalized spacial score (nSPS) is 21.5. The van der Waals surface area contributed by atoms with Crippen molar-refractivity contribution in [3.8, 4) is 0 Å². The molecule has 0 radical (unpaired) electrons. The fraction of sp³-hybridized carbons (Fsp3) is 0.588. The Balaban J connectivity index is 0.00000161. The maximum Gasteiger partial charge on any atom is 0.239 e. The van der Waals surface area contributed by atoms with Gasteiger partial charge in [-0.2, -0.15) is 0 Å². The fourth-order valence-electron chi connectivity index (χ4n) is 3.57. The molecule has 0 bridgehead atoms. The Morgan fingerprint density at radius 3 is 2.62 bits per heavy atom. The van der Waals surface area contributed by atoms with E-state index in [2.05, 4.69) is 29.6 Å². The highest BCUT2D eigenvalue weighted by Gasteiger charge is 2.28. The summed E-state index contributed by atoms with van der Waals surface area (Å²) < 4.78 is 0. The molecule has 0 saturated heterocycles. The molecule has 2 aliphatic rings. The first-order chi connectivity index (χ1) is 9.74. The Bertz CT molecular complexity index is 485. The number of carbonyl (C=O) groups is 1. The van der Waals surface area contributed by atoms with Crippen molar-refractivity contribution in [2.24, 2.45) is 5.92 Å². The molecule has 116 valence electrons. The summed E-state index contributed by atoms with van der Waals surface area (Å²) in [6, 6.07) is 8.37. The van der Waals surface area contributed by atoms with E-state index in [-0.39, 0.29) is 24.4 Å². The van der Waals surface area contributed by atoms with Gasteiger partial charge in [-0.3, -0.25) is 4.79 Å². The average molecular weight is 309 g/mol. The maximum atomic E-state index is 12.6. The molecule has 1 aromatic carbocycles. The molecule has 3 nitrogen and oxygen atoms in total. The highest BCUT2D eigenvalue weighted by molar-refractivity contribution is 5.85. The van der Waals surface area contributed by atoms with Gasteiger partial charge in [0.05, 0.1) is 6.04 Å². The smallest absolute Gasteiger partial charge is 0.239 e. The van der Waals surface area contributed by atoms with Crippen molar-refractivity contribution in [2.45, 2.75) is 44.7 Å². The summed E-state index contributed by atoms with van der Waals surface area (Å²) in [4.78, 5) is 14.5. The van der Waals surface area contributed by atoms with Crippen LogP contribution in [0.5, 0.6) is 0 Å². The van der Waals surface area contributed by atoms with E-state index in [1.54, 1.807) is 0 Å². The summed E-state index contributed by atoms with van der Waals surface area (Å²) in [7, 11) is 1.96. The molecule has 1 aliphatic heterocycles. The largest absolute Gasteiger partial charge is 0.344 e. The average Bonchev–Trinajstić information content (AvgIpc) is 2.99. The minimum atomic E-state index is -0.0451. The van der Waals surface area contributed by atoms with Gasteiger partial charge in [0.25, 0.3) is 0 Å². The Morgan fingerprint density at radius 1 is 1.24 bits per heavy atom. The van der Waals surface area contributed by atoms with Crippen LogP contribution in [0.1, 0.15) is 36.8 Å². The molecule has 1 aliphatic carbocycles. The van der Waals surface area contributed by atoms with Gasteiger partial charge in [-0.05, 0) is 36.3 Å². The van der Waals surface area contributed by atoms with Crippen molar-refractivity contribution in [2.75, 3.05) is 13.6 Å². The van der Waals surface area contributed by atoms with Gasteiger partial charge >= 0.3 is 0 Å². The van der Waals surface area contributed by atoms with Gasteiger partial charge in [-0.1, -0.05) is 37.1 Å². The molecule has 1 saturated carbocycles. The van der Waals surface area contributed by atoms with Crippen LogP contribution >= 0.6 is 12.4 Å². The summed E-state index contributed by atoms with van der Waals surface area (Å²) in [5.41, 5.74) is 2.65. The summed E-state index contributed by atoms with van der Waals surface area (Å²) in [6.07, 6.45) is 6.07. The maximum absolute atomic E-state index is 12.6. The molecule has 0 aromatic heterocycles. The number of halogens is 1. The zero-order valence-corrected chi connectivity index (χ0v) is 13.5. The molecule has 1 atom stereocenters. The lowest BCUT2D eigenvalue weighted by Crippen LogP contribution is -2.49. The number of amides is 1. The Morgan fingerprint density at radius 2 is 1.90 bits per heavy atom. The molecule has 1 amide bonds. The molecule has 1 aromatic rings. The van der Waals surface area contributed by atoms with Gasteiger partial charge in [-0.25, -0.2) is 0 Å². The van der Waals surface area contributed by atoms with Crippen molar-refractivity contribution in [3.63, 3.8) is 0 Å². The van der Waals surface area contributed by atoms with Crippen LogP contribution in [0.15, 0.2) is 24.3 Å². The lowest BCUT2D eigenvalue weighted by Gasteiger charge is -2.30. The highest BCUT2D eigenvalue weighted by atomic mass is 35.5. The molecular formula is C17H25ClN2O. The number of rotatable bonds is 3. The first-order valence-electron chi connectivity index (χ1n) is 7.79. The van der Waals surface area contributed by atoms with Crippen LogP contribution in [0.2, 0.25) is 0 Å². The van der Waals surface area contributed by atoms with Gasteiger partial charge in [0.1, 0.15) is 0 Å². The van der Waals surface area contributed by atoms with Gasteiger partial charge < -0.3 is 10.2 Å². The highest BCUT2D eigenvalue weighted by Crippen LogP contribution is 2.25. The standard InChI is InChI=1S/C17H24N2O.ClH/c1-19(12-13-6-2-3-7-13)17(20)16-10-14-8-4-5-9-15(14)11-18-16;/h4-5,8-9,13,16,18H,2-3,6-7,10-12H2,1H3;1H. The monoisotopic (exact) mass is 308 g/mol. The Kier molecular flexibility index (Phi) is 5.65. The van der Waals surface area contributed by atoms with E-state index in [1.807, 2.05) is 11.9 Å². The quantitative estimate of drug-likeness (QED) is 0.931. The number of benzene rings is 1. The summed E-state index contributed by atoms with van der Waals surface area (Å²) in [6.45, 7) is 1.74. The minimum absolute atomic E-state index is 0. The summed E-state index contributed by atoms with van der Waals surface area (Å²) in [5, 5.41) is 3.39. The number of nitrogens with one attached hydrogen (secondary N) is 1. The van der Waals surface area contributed by atoms with Gasteiger partial charge in [0.2, 0.25) is 5.91 Å². The van der Waals surface area contributed by atoms with Gasteiger partial charge in [-0.15, -0.1) is 12.4 Å². The van der Waals surface area contributed by atoms with Crippen molar-refractivity contribution >= 4 is 18.3 Å². The van der Waals surface area contributed by atoms with Crippen molar-refractivity contribution in [3.05, 3.63) is 35.4 Å². The van der Waals surface area contributed by atoms with E-state index >= 15 is 0 Å². The predicted octanol–water partition coefficient (Wildman–Crippen LogP) is 2.77. The van der Waals surface area contributed by atoms with Crippen molar-refractivity contribution in [1.82, 2.24) is 10.2 Å². The molecule has 1 heterocycles. The van der Waals surface area contributed by atoms with Crippen LogP contribution < -0.4 is 5.32 Å². The predicted molar refractivity (Wildman–Crippen MR) is 87.6 cm³/mol. The molecule has 21 heavy (non-hydrogen) atoms. The number of fused-ring (bicyclic) bond motifs is 1. The molecule has 3 rings (SSSR count). The zero-order chi connectivity index (χ0) is 13.9. The molecule has 4 heteroatoms. The van der Waals surface area contributed by atoms with Gasteiger partial charge in [0, 0.05) is 20.1 Å². The molecule has 1 fully saturated rings. The molecule has 1 N–H and O–H groups in total. The van der Waals surface area contributed by atoms with E-state index in [4.69, 9.17) is 0 Å². The number of carbonyl (C=O) groups excluding carboxylic acids is 1. The lowest BCUT2D eigenvalue weighted by molar-refractivity contribution is -0.132. The van der Waals surface area contributed by atoms with E-state index in [1.165, 1.54) is 36.8 Å². The molecular weight excluding hydrogens is 284 g/mol. The van der Waals surface area contributed by atoms with Crippen LogP contribution in [0.3, 0.4) is 0 Å². The third-order valence-corrected chi connectivity index (χ3v) is 4.76. The Labute approximate surface area is 133 Å². The van der Waals surface area contributed by atoms with Crippen LogP contribution in [-0.4, -0.2) is 30.4 Å². The number of hydrogen-bond donors (Lipinski definition) is 1. The second-order valence-corrected chi connectivity index (χ2v) is 6.28. The Hall–Kier alpha value is -1.06. The van der Waals surface area contributed by atoms with E-state index < -0.39 is 0 Å². The van der Waals surface area contributed by atoms with Crippen LogP contribution in [-0.2, 0) is 17.8 Å². The number of likely N-dealkylation sites (N-methyl/N-ethyl adjacent to an activating group) is 1. The van der Waals surface area contributed by atoms with Crippen LogP contribution in [0.4, 0.5) is 0 Å².